The lowest BCUT2D eigenvalue weighted by molar-refractivity contribution is -0.136. The Bertz CT molecular complexity index is 606. The van der Waals surface area contributed by atoms with Crippen LogP contribution < -0.4 is 5.32 Å². The third-order valence-corrected chi connectivity index (χ3v) is 3.78. The molecule has 1 heterocycles. The molecule has 0 saturated heterocycles. The molecule has 25 heavy (non-hydrogen) atoms. The molecule has 0 fully saturated rings. The van der Waals surface area contributed by atoms with Gasteiger partial charge in [0.1, 0.15) is 5.82 Å². The second-order valence-electron chi connectivity index (χ2n) is 8.89. The molecule has 0 aliphatic rings. The van der Waals surface area contributed by atoms with Gasteiger partial charge in [0.15, 0.2) is 0 Å². The van der Waals surface area contributed by atoms with Gasteiger partial charge in [-0.1, -0.05) is 48.5 Å². The highest BCUT2D eigenvalue weighted by atomic mass is 16.2. The van der Waals surface area contributed by atoms with Crippen molar-refractivity contribution in [2.75, 3.05) is 18.4 Å². The maximum Gasteiger partial charge on any atom is 0.245 e. The van der Waals surface area contributed by atoms with Crippen LogP contribution in [0.5, 0.6) is 0 Å². The van der Waals surface area contributed by atoms with Crippen molar-refractivity contribution in [1.29, 1.82) is 0 Å². The van der Waals surface area contributed by atoms with E-state index in [2.05, 4.69) is 31.2 Å². The van der Waals surface area contributed by atoms with E-state index in [0.29, 0.717) is 18.8 Å². The Kier molecular flexibility index (Phi) is 6.80. The van der Waals surface area contributed by atoms with Crippen molar-refractivity contribution in [3.8, 4) is 0 Å². The Morgan fingerprint density at radius 2 is 1.80 bits per heavy atom. The highest BCUT2D eigenvalue weighted by Gasteiger charge is 2.24. The van der Waals surface area contributed by atoms with Gasteiger partial charge in [0, 0.05) is 31.5 Å². The lowest BCUT2D eigenvalue weighted by Crippen LogP contribution is -2.40. The first-order chi connectivity index (χ1) is 11.3. The molecule has 1 rings (SSSR count). The van der Waals surface area contributed by atoms with Crippen molar-refractivity contribution in [1.82, 2.24) is 14.7 Å². The van der Waals surface area contributed by atoms with Crippen LogP contribution in [0, 0.1) is 5.41 Å². The first-order valence-electron chi connectivity index (χ1n) is 8.95. The van der Waals surface area contributed by atoms with Crippen LogP contribution in [0.3, 0.4) is 0 Å². The summed E-state index contributed by atoms with van der Waals surface area (Å²) in [6.45, 7) is 15.0. The summed E-state index contributed by atoms with van der Waals surface area (Å²) in [5.41, 5.74) is 0.737. The topological polar surface area (TPSA) is 67.2 Å². The van der Waals surface area contributed by atoms with E-state index in [9.17, 15) is 9.59 Å². The van der Waals surface area contributed by atoms with E-state index in [0.717, 1.165) is 12.1 Å². The summed E-state index contributed by atoms with van der Waals surface area (Å²) in [5, 5.41) is 7.33. The number of carbonyl (C=O) groups is 2. The number of nitrogens with zero attached hydrogens (tertiary/aromatic N) is 3. The summed E-state index contributed by atoms with van der Waals surface area (Å²) in [7, 11) is 1.80. The molecule has 1 aromatic heterocycles. The van der Waals surface area contributed by atoms with E-state index in [1.54, 1.807) is 16.6 Å². The van der Waals surface area contributed by atoms with Gasteiger partial charge in [-0.05, 0) is 11.8 Å². The van der Waals surface area contributed by atoms with Crippen LogP contribution in [0.15, 0.2) is 6.07 Å². The van der Waals surface area contributed by atoms with Gasteiger partial charge < -0.3 is 10.2 Å². The highest BCUT2D eigenvalue weighted by molar-refractivity contribution is 5.94. The zero-order valence-corrected chi connectivity index (χ0v) is 17.1. The van der Waals surface area contributed by atoms with Crippen LogP contribution in [0.4, 0.5) is 5.82 Å². The van der Waals surface area contributed by atoms with Crippen LogP contribution in [0.25, 0.3) is 0 Å². The van der Waals surface area contributed by atoms with Crippen molar-refractivity contribution in [2.24, 2.45) is 12.5 Å². The zero-order valence-electron chi connectivity index (χ0n) is 17.1. The molecule has 6 heteroatoms. The fraction of sp³-hybridized carbons (Fsp3) is 0.737. The fourth-order valence-corrected chi connectivity index (χ4v) is 2.43. The third-order valence-electron chi connectivity index (χ3n) is 3.78. The van der Waals surface area contributed by atoms with Gasteiger partial charge in [-0.3, -0.25) is 14.3 Å². The van der Waals surface area contributed by atoms with Crippen molar-refractivity contribution in [2.45, 2.75) is 66.7 Å². The number of hydrogen-bond donors (Lipinski definition) is 1. The Morgan fingerprint density at radius 3 is 2.24 bits per heavy atom. The van der Waals surface area contributed by atoms with E-state index < -0.39 is 0 Å². The van der Waals surface area contributed by atoms with Crippen molar-refractivity contribution >= 4 is 17.6 Å². The largest absolute Gasteiger partial charge is 0.333 e. The molecule has 0 aliphatic carbocycles. The molecule has 0 spiro atoms. The molecular weight excluding hydrogens is 316 g/mol. The Hall–Kier alpha value is -1.85. The predicted octanol–water partition coefficient (Wildman–Crippen LogP) is 3.33. The van der Waals surface area contributed by atoms with Crippen LogP contribution in [-0.2, 0) is 22.1 Å². The van der Waals surface area contributed by atoms with E-state index in [1.807, 2.05) is 33.8 Å². The number of rotatable bonds is 6. The van der Waals surface area contributed by atoms with E-state index in [4.69, 9.17) is 0 Å². The molecule has 0 aromatic carbocycles. The van der Waals surface area contributed by atoms with Gasteiger partial charge in [0.05, 0.1) is 12.2 Å². The minimum Gasteiger partial charge on any atom is -0.333 e. The normalized spacial score (nSPS) is 12.2. The van der Waals surface area contributed by atoms with Gasteiger partial charge in [0.25, 0.3) is 0 Å². The molecule has 1 aromatic rings. The van der Waals surface area contributed by atoms with Crippen molar-refractivity contribution in [3.63, 3.8) is 0 Å². The SMILES string of the molecule is CCCN(CC(=O)Nc1cc(C(C)(C)C)nn1C)C(=O)CC(C)(C)C. The first-order valence-corrected chi connectivity index (χ1v) is 8.95. The summed E-state index contributed by atoms with van der Waals surface area (Å²) in [6.07, 6.45) is 1.25. The Labute approximate surface area is 152 Å². The standard InChI is InChI=1S/C19H34N4O2/c1-9-10-23(17(25)12-18(2,3)4)13-16(24)20-15-11-14(19(5,6)7)21-22(15)8/h11H,9-10,12-13H2,1-8H3,(H,20,24). The van der Waals surface area contributed by atoms with Gasteiger partial charge in [0.2, 0.25) is 11.8 Å². The number of amides is 2. The molecule has 1 N–H and O–H groups in total. The molecule has 6 nitrogen and oxygen atoms in total. The fourth-order valence-electron chi connectivity index (χ4n) is 2.43. The van der Waals surface area contributed by atoms with E-state index in [1.165, 1.54) is 0 Å². The number of nitrogens with one attached hydrogen (secondary N) is 1. The molecule has 142 valence electrons. The summed E-state index contributed by atoms with van der Waals surface area (Å²) < 4.78 is 1.67. The maximum atomic E-state index is 12.5. The minimum absolute atomic E-state index is 0.0184. The van der Waals surface area contributed by atoms with Crippen LogP contribution in [0.2, 0.25) is 0 Å². The van der Waals surface area contributed by atoms with Crippen molar-refractivity contribution in [3.05, 3.63) is 11.8 Å². The minimum atomic E-state index is -0.195. The molecule has 0 radical (unpaired) electrons. The zero-order chi connectivity index (χ0) is 19.4. The lowest BCUT2D eigenvalue weighted by atomic mass is 9.91. The molecule has 0 atom stereocenters. The second-order valence-corrected chi connectivity index (χ2v) is 8.89. The molecular formula is C19H34N4O2. The Morgan fingerprint density at radius 1 is 1.20 bits per heavy atom. The summed E-state index contributed by atoms with van der Waals surface area (Å²) >= 11 is 0. The van der Waals surface area contributed by atoms with Crippen LogP contribution >= 0.6 is 0 Å². The summed E-state index contributed by atoms with van der Waals surface area (Å²) in [4.78, 5) is 26.5. The second kappa shape index (κ2) is 8.02. The molecule has 0 aliphatic heterocycles. The Balaban J connectivity index is 2.79. The van der Waals surface area contributed by atoms with Gasteiger partial charge in [-0.15, -0.1) is 0 Å². The average molecular weight is 351 g/mol. The predicted molar refractivity (Wildman–Crippen MR) is 101 cm³/mol. The van der Waals surface area contributed by atoms with Crippen LogP contribution in [-0.4, -0.2) is 39.6 Å². The highest BCUT2D eigenvalue weighted by Crippen LogP contribution is 2.23. The third kappa shape index (κ3) is 6.88. The van der Waals surface area contributed by atoms with Crippen LogP contribution in [0.1, 0.15) is 67.0 Å². The van der Waals surface area contributed by atoms with Gasteiger partial charge in [-0.25, -0.2) is 0 Å². The maximum absolute atomic E-state index is 12.5. The molecule has 0 bridgehead atoms. The first kappa shape index (κ1) is 21.2. The number of aryl methyl sites for hydroxylation is 1. The van der Waals surface area contributed by atoms with Gasteiger partial charge >= 0.3 is 0 Å². The summed E-state index contributed by atoms with van der Waals surface area (Å²) in [6, 6.07) is 1.89. The van der Waals surface area contributed by atoms with E-state index >= 15 is 0 Å². The monoisotopic (exact) mass is 350 g/mol. The molecule has 0 unspecified atom stereocenters. The number of anilines is 1. The smallest absolute Gasteiger partial charge is 0.245 e. The lowest BCUT2D eigenvalue weighted by Gasteiger charge is -2.26. The quantitative estimate of drug-likeness (QED) is 0.856. The number of aromatic nitrogens is 2. The number of hydrogen-bond acceptors (Lipinski definition) is 3. The molecule has 0 saturated carbocycles. The number of carbonyl (C=O) groups excluding carboxylic acids is 2. The van der Waals surface area contributed by atoms with E-state index in [-0.39, 0.29) is 29.2 Å². The van der Waals surface area contributed by atoms with Gasteiger partial charge in [-0.2, -0.15) is 5.10 Å². The van der Waals surface area contributed by atoms with Crippen molar-refractivity contribution < 1.29 is 9.59 Å². The summed E-state index contributed by atoms with van der Waals surface area (Å²) in [5.74, 6) is 0.471. The molecule has 2 amide bonds. The average Bonchev–Trinajstić information content (AvgIpc) is 2.77.